The second-order valence-electron chi connectivity index (χ2n) is 6.09. The second-order valence-corrected chi connectivity index (χ2v) is 6.09. The first kappa shape index (κ1) is 16.3. The van der Waals surface area contributed by atoms with Crippen LogP contribution < -0.4 is 4.74 Å². The fourth-order valence-electron chi connectivity index (χ4n) is 3.05. The first-order valence-electron chi connectivity index (χ1n) is 8.04. The summed E-state index contributed by atoms with van der Waals surface area (Å²) < 4.78 is 12.5. The molecule has 0 N–H and O–H groups in total. The monoisotopic (exact) mass is 327 g/mol. The number of esters is 1. The van der Waals surface area contributed by atoms with Gasteiger partial charge in [0.05, 0.1) is 7.11 Å². The number of carbonyl (C=O) groups excluding carboxylic acids is 2. The molecule has 1 aromatic heterocycles. The average molecular weight is 327 g/mol. The maximum absolute atomic E-state index is 12.4. The van der Waals surface area contributed by atoms with Gasteiger partial charge in [-0.3, -0.25) is 4.79 Å². The van der Waals surface area contributed by atoms with Crippen LogP contribution in [0.15, 0.2) is 30.3 Å². The molecule has 126 valence electrons. The highest BCUT2D eigenvalue weighted by molar-refractivity contribution is 6.01. The number of Topliss-reactive ketones (excluding diaryl/α,β-unsaturated/α-hetero) is 1. The van der Waals surface area contributed by atoms with E-state index in [1.807, 2.05) is 19.9 Å². The van der Waals surface area contributed by atoms with E-state index in [-0.39, 0.29) is 12.4 Å². The minimum Gasteiger partial charge on any atom is -0.496 e. The molecule has 1 saturated carbocycles. The number of para-hydroxylation sites is 1. The first-order valence-corrected chi connectivity index (χ1v) is 8.04. The van der Waals surface area contributed by atoms with E-state index in [1.54, 1.807) is 24.3 Å². The third-order valence-electron chi connectivity index (χ3n) is 4.36. The minimum absolute atomic E-state index is 0.182. The van der Waals surface area contributed by atoms with Gasteiger partial charge in [0.25, 0.3) is 0 Å². The SMILES string of the molecule is COc1ccccc1C(=O)OCC(=O)c1cc(C)n(C2CC2)c1C. The molecule has 1 heterocycles. The number of carbonyl (C=O) groups is 2. The summed E-state index contributed by atoms with van der Waals surface area (Å²) in [5, 5.41) is 0. The van der Waals surface area contributed by atoms with E-state index in [4.69, 9.17) is 9.47 Å². The van der Waals surface area contributed by atoms with E-state index >= 15 is 0 Å². The van der Waals surface area contributed by atoms with Crippen molar-refractivity contribution < 1.29 is 19.1 Å². The molecule has 0 spiro atoms. The number of rotatable bonds is 6. The molecule has 0 unspecified atom stereocenters. The molecule has 0 radical (unpaired) electrons. The Balaban J connectivity index is 1.70. The van der Waals surface area contributed by atoms with Crippen molar-refractivity contribution in [2.45, 2.75) is 32.7 Å². The maximum Gasteiger partial charge on any atom is 0.342 e. The van der Waals surface area contributed by atoms with Crippen LogP contribution in [0.3, 0.4) is 0 Å². The molecule has 0 amide bonds. The van der Waals surface area contributed by atoms with E-state index in [2.05, 4.69) is 4.57 Å². The summed E-state index contributed by atoms with van der Waals surface area (Å²) in [6.07, 6.45) is 2.32. The number of aromatic nitrogens is 1. The standard InChI is InChI=1S/C19H21NO4/c1-12-10-16(13(2)20(12)14-8-9-14)17(21)11-24-19(22)15-6-4-5-7-18(15)23-3/h4-7,10,14H,8-9,11H2,1-3H3. The van der Waals surface area contributed by atoms with Gasteiger partial charge in [0.15, 0.2) is 6.61 Å². The molecular formula is C19H21NO4. The highest BCUT2D eigenvalue weighted by atomic mass is 16.5. The lowest BCUT2D eigenvalue weighted by Crippen LogP contribution is -2.15. The van der Waals surface area contributed by atoms with E-state index in [0.717, 1.165) is 24.2 Å². The van der Waals surface area contributed by atoms with Gasteiger partial charge in [-0.05, 0) is 44.9 Å². The van der Waals surface area contributed by atoms with E-state index < -0.39 is 5.97 Å². The minimum atomic E-state index is -0.559. The fourth-order valence-corrected chi connectivity index (χ4v) is 3.05. The molecule has 0 bridgehead atoms. The number of hydrogen-bond donors (Lipinski definition) is 0. The molecule has 24 heavy (non-hydrogen) atoms. The van der Waals surface area contributed by atoms with Gasteiger partial charge in [-0.15, -0.1) is 0 Å². The van der Waals surface area contributed by atoms with Crippen LogP contribution in [-0.2, 0) is 4.74 Å². The summed E-state index contributed by atoms with van der Waals surface area (Å²) in [5.41, 5.74) is 2.98. The Hall–Kier alpha value is -2.56. The highest BCUT2D eigenvalue weighted by Gasteiger charge is 2.28. The van der Waals surface area contributed by atoms with Gasteiger partial charge < -0.3 is 14.0 Å². The lowest BCUT2D eigenvalue weighted by Gasteiger charge is -2.09. The van der Waals surface area contributed by atoms with E-state index in [9.17, 15) is 9.59 Å². The third kappa shape index (κ3) is 3.07. The number of benzene rings is 1. The molecule has 3 rings (SSSR count). The van der Waals surface area contributed by atoms with Crippen LogP contribution in [0.1, 0.15) is 51.0 Å². The van der Waals surface area contributed by atoms with E-state index in [0.29, 0.717) is 22.9 Å². The summed E-state index contributed by atoms with van der Waals surface area (Å²) in [7, 11) is 1.49. The number of nitrogens with zero attached hydrogens (tertiary/aromatic N) is 1. The molecular weight excluding hydrogens is 306 g/mol. The summed E-state index contributed by atoms with van der Waals surface area (Å²) in [5.74, 6) is -0.308. The predicted molar refractivity (Wildman–Crippen MR) is 89.8 cm³/mol. The van der Waals surface area contributed by atoms with Crippen molar-refractivity contribution in [3.63, 3.8) is 0 Å². The van der Waals surface area contributed by atoms with Gasteiger partial charge in [-0.25, -0.2) is 4.79 Å². The van der Waals surface area contributed by atoms with E-state index in [1.165, 1.54) is 7.11 Å². The summed E-state index contributed by atoms with van der Waals surface area (Å²) in [4.78, 5) is 24.6. The van der Waals surface area contributed by atoms with Gasteiger partial charge in [0.2, 0.25) is 5.78 Å². The molecule has 0 saturated heterocycles. The topological polar surface area (TPSA) is 57.5 Å². The highest BCUT2D eigenvalue weighted by Crippen LogP contribution is 2.38. The maximum atomic E-state index is 12.4. The lowest BCUT2D eigenvalue weighted by atomic mass is 10.1. The normalized spacial score (nSPS) is 13.6. The van der Waals surface area contributed by atoms with Crippen molar-refractivity contribution in [1.82, 2.24) is 4.57 Å². The van der Waals surface area contributed by atoms with Crippen molar-refractivity contribution >= 4 is 11.8 Å². The summed E-state index contributed by atoms with van der Waals surface area (Å²) >= 11 is 0. The average Bonchev–Trinajstić information content (AvgIpc) is 3.37. The van der Waals surface area contributed by atoms with Crippen LogP contribution in [0, 0.1) is 13.8 Å². The molecule has 1 aromatic carbocycles. The molecule has 5 nitrogen and oxygen atoms in total. The van der Waals surface area contributed by atoms with Crippen LogP contribution >= 0.6 is 0 Å². The molecule has 5 heteroatoms. The lowest BCUT2D eigenvalue weighted by molar-refractivity contribution is 0.0471. The zero-order chi connectivity index (χ0) is 17.3. The predicted octanol–water partition coefficient (Wildman–Crippen LogP) is 3.49. The zero-order valence-corrected chi connectivity index (χ0v) is 14.2. The van der Waals surface area contributed by atoms with Gasteiger partial charge >= 0.3 is 5.97 Å². The Morgan fingerprint density at radius 3 is 2.54 bits per heavy atom. The molecule has 1 aliphatic rings. The number of ketones is 1. The Labute approximate surface area is 141 Å². The van der Waals surface area contributed by atoms with Crippen LogP contribution in [0.4, 0.5) is 0 Å². The van der Waals surface area contributed by atoms with Crippen LogP contribution in [-0.4, -0.2) is 30.0 Å². The first-order chi connectivity index (χ1) is 11.5. The van der Waals surface area contributed by atoms with Crippen molar-refractivity contribution in [2.24, 2.45) is 0 Å². The zero-order valence-electron chi connectivity index (χ0n) is 14.2. The van der Waals surface area contributed by atoms with Crippen molar-refractivity contribution in [2.75, 3.05) is 13.7 Å². The Bertz CT molecular complexity index is 787. The Morgan fingerprint density at radius 2 is 1.88 bits per heavy atom. The van der Waals surface area contributed by atoms with Gasteiger partial charge in [0.1, 0.15) is 11.3 Å². The quantitative estimate of drug-likeness (QED) is 0.602. The van der Waals surface area contributed by atoms with Gasteiger partial charge in [-0.1, -0.05) is 12.1 Å². The Kier molecular flexibility index (Phi) is 4.42. The van der Waals surface area contributed by atoms with Crippen LogP contribution in [0.5, 0.6) is 5.75 Å². The largest absolute Gasteiger partial charge is 0.496 e. The molecule has 0 aliphatic heterocycles. The Morgan fingerprint density at radius 1 is 1.17 bits per heavy atom. The van der Waals surface area contributed by atoms with Gasteiger partial charge in [0, 0.05) is 23.0 Å². The molecule has 0 atom stereocenters. The smallest absolute Gasteiger partial charge is 0.342 e. The van der Waals surface area contributed by atoms with Crippen molar-refractivity contribution in [1.29, 1.82) is 0 Å². The van der Waals surface area contributed by atoms with Crippen molar-refractivity contribution in [3.8, 4) is 5.75 Å². The number of methoxy groups -OCH3 is 1. The fraction of sp³-hybridized carbons (Fsp3) is 0.368. The molecule has 1 aliphatic carbocycles. The second kappa shape index (κ2) is 6.51. The molecule has 1 fully saturated rings. The molecule has 2 aromatic rings. The summed E-state index contributed by atoms with van der Waals surface area (Å²) in [6, 6.07) is 9.19. The van der Waals surface area contributed by atoms with Gasteiger partial charge in [-0.2, -0.15) is 0 Å². The van der Waals surface area contributed by atoms with Crippen molar-refractivity contribution in [3.05, 3.63) is 52.8 Å². The number of aryl methyl sites for hydroxylation is 1. The third-order valence-corrected chi connectivity index (χ3v) is 4.36. The number of ether oxygens (including phenoxy) is 2. The van der Waals surface area contributed by atoms with Crippen LogP contribution in [0.25, 0.3) is 0 Å². The van der Waals surface area contributed by atoms with Crippen LogP contribution in [0.2, 0.25) is 0 Å². The summed E-state index contributed by atoms with van der Waals surface area (Å²) in [6.45, 7) is 3.68. The number of hydrogen-bond acceptors (Lipinski definition) is 4.